The molecule has 0 spiro atoms. The maximum atomic E-state index is 10.3. The number of ether oxygens (including phenoxy) is 2. The van der Waals surface area contributed by atoms with E-state index in [2.05, 4.69) is 76.7 Å². The molecule has 332 valence electrons. The van der Waals surface area contributed by atoms with E-state index < -0.39 is 20.6 Å². The van der Waals surface area contributed by atoms with E-state index in [1.165, 1.54) is 24.9 Å². The van der Waals surface area contributed by atoms with Crippen LogP contribution < -0.4 is 11.5 Å². The molecule has 0 aromatic carbocycles. The fourth-order valence-electron chi connectivity index (χ4n) is 3.70. The molecular weight excluding hydrogens is 827 g/mol. The van der Waals surface area contributed by atoms with E-state index in [9.17, 15) is 12.6 Å². The first kappa shape index (κ1) is 57.1. The van der Waals surface area contributed by atoms with Crippen molar-refractivity contribution in [1.29, 1.82) is 0 Å². The monoisotopic (exact) mass is 895 g/mol. The Morgan fingerprint density at radius 1 is 0.763 bits per heavy atom. The van der Waals surface area contributed by atoms with Gasteiger partial charge in [-0.25, -0.2) is 33.3 Å². The van der Waals surface area contributed by atoms with Crippen molar-refractivity contribution in [2.45, 2.75) is 76.2 Å². The summed E-state index contributed by atoms with van der Waals surface area (Å²) in [6, 6.07) is 0. The lowest BCUT2D eigenvalue weighted by atomic mass is 10.2. The summed E-state index contributed by atoms with van der Waals surface area (Å²) in [7, 11) is -1.48. The number of nitrogens with two attached hydrogens (primary N) is 2. The summed E-state index contributed by atoms with van der Waals surface area (Å²) in [5, 5.41) is 3.20. The van der Waals surface area contributed by atoms with E-state index in [-0.39, 0.29) is 11.8 Å². The van der Waals surface area contributed by atoms with E-state index in [1.807, 2.05) is 86.5 Å². The largest absolute Gasteiger partial charge is 0.483 e. The third-order valence-corrected chi connectivity index (χ3v) is 13.2. The highest BCUT2D eigenvalue weighted by atomic mass is 32.2. The number of aromatic nitrogens is 7. The van der Waals surface area contributed by atoms with E-state index in [0.29, 0.717) is 24.0 Å². The lowest BCUT2D eigenvalue weighted by molar-refractivity contribution is 0.228. The molecule has 0 saturated carbocycles. The van der Waals surface area contributed by atoms with Gasteiger partial charge >= 0.3 is 0 Å². The van der Waals surface area contributed by atoms with Crippen molar-refractivity contribution in [3.8, 4) is 0 Å². The normalized spacial score (nSPS) is 16.2. The Labute approximate surface area is 365 Å². The minimum Gasteiger partial charge on any atom is -0.483 e. The summed E-state index contributed by atoms with van der Waals surface area (Å²) in [4.78, 5) is 27.6. The lowest BCUT2D eigenvalue weighted by Gasteiger charge is -2.20. The minimum atomic E-state index is -2.53. The Bertz CT molecular complexity index is 1680. The van der Waals surface area contributed by atoms with Crippen LogP contribution in [-0.2, 0) is 30.1 Å². The summed E-state index contributed by atoms with van der Waals surface area (Å²) in [5.41, 5.74) is 15.1. The minimum absolute atomic E-state index is 0.255. The topological polar surface area (TPSA) is 212 Å². The second-order valence-corrected chi connectivity index (χ2v) is 19.6. The SMILES string of the molecule is C=C(N)OC.C=C(N)OCC.CC1CS(=O)(=O)C1.CC1CS(=O)C1.CC1CSC1.Cc1cnc(C)cn1.Cc1cnc(C)nc1.Cc1cncnc1.Cc1csc(C)n1. The van der Waals surface area contributed by atoms with Gasteiger partial charge in [0.25, 0.3) is 0 Å². The maximum Gasteiger partial charge on any atom is 0.176 e. The van der Waals surface area contributed by atoms with Crippen LogP contribution >= 0.6 is 23.1 Å². The zero-order valence-corrected chi connectivity index (χ0v) is 40.4. The number of thiazole rings is 1. The van der Waals surface area contributed by atoms with Crippen LogP contribution in [0.4, 0.5) is 0 Å². The molecule has 14 nitrogen and oxygen atoms in total. The molecular formula is C41H69N9O5S4. The molecule has 0 unspecified atom stereocenters. The number of nitrogens with zero attached hydrogens (tertiary/aromatic N) is 7. The molecule has 7 heterocycles. The first-order valence-electron chi connectivity index (χ1n) is 18.9. The molecule has 7 rings (SSSR count). The number of hydrogen-bond donors (Lipinski definition) is 2. The Morgan fingerprint density at radius 3 is 1.36 bits per heavy atom. The van der Waals surface area contributed by atoms with Crippen LogP contribution in [0, 0.1) is 66.2 Å². The third kappa shape index (κ3) is 38.0. The fraction of sp³-hybridized carbons (Fsp3) is 0.537. The van der Waals surface area contributed by atoms with E-state index in [4.69, 9.17) is 11.5 Å². The molecule has 0 radical (unpaired) electrons. The number of rotatable bonds is 3. The van der Waals surface area contributed by atoms with Gasteiger partial charge in [-0.1, -0.05) is 20.8 Å². The zero-order valence-electron chi connectivity index (χ0n) is 37.2. The smallest absolute Gasteiger partial charge is 0.176 e. The summed E-state index contributed by atoms with van der Waals surface area (Å²) in [5.74, 6) is 9.08. The van der Waals surface area contributed by atoms with Crippen molar-refractivity contribution in [2.24, 2.45) is 29.2 Å². The van der Waals surface area contributed by atoms with Crippen LogP contribution in [0.3, 0.4) is 0 Å². The van der Waals surface area contributed by atoms with Crippen LogP contribution in [0.1, 0.15) is 66.7 Å². The molecule has 3 fully saturated rings. The first-order chi connectivity index (χ1) is 27.6. The fourth-order valence-corrected chi connectivity index (χ4v) is 7.81. The van der Waals surface area contributed by atoms with E-state index in [0.717, 1.165) is 62.4 Å². The molecule has 18 heteroatoms. The van der Waals surface area contributed by atoms with Gasteiger partial charge in [0.1, 0.15) is 12.2 Å². The Hall–Kier alpha value is -4.00. The summed E-state index contributed by atoms with van der Waals surface area (Å²) in [6.07, 6.45) is 12.2. The second kappa shape index (κ2) is 33.8. The zero-order chi connectivity index (χ0) is 45.4. The predicted octanol–water partition coefficient (Wildman–Crippen LogP) is 7.05. The first-order valence-corrected chi connectivity index (χ1v) is 24.2. The molecule has 0 amide bonds. The molecule has 3 saturated heterocycles. The highest BCUT2D eigenvalue weighted by Gasteiger charge is 2.28. The van der Waals surface area contributed by atoms with Gasteiger partial charge < -0.3 is 20.9 Å². The third-order valence-electron chi connectivity index (χ3n) is 6.66. The molecule has 0 aliphatic carbocycles. The molecule has 59 heavy (non-hydrogen) atoms. The van der Waals surface area contributed by atoms with Crippen molar-refractivity contribution < 1.29 is 22.1 Å². The number of aryl methyl sites for hydroxylation is 7. The molecule has 4 aromatic rings. The highest BCUT2D eigenvalue weighted by molar-refractivity contribution is 8.00. The molecule has 4 N–H and O–H groups in total. The van der Waals surface area contributed by atoms with Crippen LogP contribution in [-0.4, -0.2) is 95.7 Å². The molecule has 0 bridgehead atoms. The van der Waals surface area contributed by atoms with Crippen LogP contribution in [0.15, 0.2) is 73.8 Å². The second-order valence-electron chi connectivity index (χ2n) is 13.8. The predicted molar refractivity (Wildman–Crippen MR) is 248 cm³/mol. The number of sulfone groups is 1. The van der Waals surface area contributed by atoms with Gasteiger partial charge in [0.15, 0.2) is 21.6 Å². The maximum absolute atomic E-state index is 10.3. The van der Waals surface area contributed by atoms with Gasteiger partial charge in [-0.15, -0.1) is 11.3 Å². The Kier molecular flexibility index (Phi) is 32.7. The van der Waals surface area contributed by atoms with Gasteiger partial charge in [0.05, 0.1) is 41.6 Å². The van der Waals surface area contributed by atoms with Crippen molar-refractivity contribution >= 4 is 43.7 Å². The lowest BCUT2D eigenvalue weighted by Crippen LogP contribution is -2.33. The molecule has 3 aliphatic heterocycles. The van der Waals surface area contributed by atoms with Crippen molar-refractivity contribution in [3.05, 3.63) is 113 Å². The molecule has 0 atom stereocenters. The van der Waals surface area contributed by atoms with Crippen molar-refractivity contribution in [1.82, 2.24) is 34.9 Å². The van der Waals surface area contributed by atoms with Gasteiger partial charge in [0, 0.05) is 70.6 Å². The highest BCUT2D eigenvalue weighted by Crippen LogP contribution is 2.22. The van der Waals surface area contributed by atoms with Crippen molar-refractivity contribution in [3.63, 3.8) is 0 Å². The van der Waals surface area contributed by atoms with Gasteiger partial charge in [-0.2, -0.15) is 11.8 Å². The van der Waals surface area contributed by atoms with Crippen LogP contribution in [0.2, 0.25) is 0 Å². The average molecular weight is 896 g/mol. The van der Waals surface area contributed by atoms with Gasteiger partial charge in [-0.05, 0) is 109 Å². The number of hydrogen-bond acceptors (Lipinski definition) is 16. The Balaban J connectivity index is 0. The van der Waals surface area contributed by atoms with Crippen LogP contribution in [0.5, 0.6) is 0 Å². The van der Waals surface area contributed by atoms with E-state index in [1.54, 1.807) is 36.1 Å². The number of thioether (sulfide) groups is 1. The molecule has 4 aromatic heterocycles. The summed E-state index contributed by atoms with van der Waals surface area (Å²) in [6.45, 7) is 29.0. The standard InChI is InChI=1S/2C6H8N2.C5H6N2.C5H7NS.C4H9NO.C4H8O2S.C4H8OS.C4H8S.C3H7NO/c1-5-3-8-6(2)4-7-5;1-5-3-7-6(2)8-4-5;1-5-2-6-4-7-3-5;1-4-3-7-5(2)6-4;1-3-6-4(2)5;1-4-2-7(5,6)3-4;1-4-2-6(5)3-4;1-4-2-5-3-4;1-3(4)5-2/h2*3-4H,1-2H3;2-4H,1H3;3H,1-2H3;2-3,5H2,1H3;4H,2-3H2,1H3;4H,2-3H2,1H3;4H,2-3H2,1H3;1,4H2,2H3. The quantitative estimate of drug-likeness (QED) is 0.197. The summed E-state index contributed by atoms with van der Waals surface area (Å²) < 4.78 is 39.8. The van der Waals surface area contributed by atoms with Crippen LogP contribution in [0.25, 0.3) is 0 Å². The number of methoxy groups -OCH3 is 1. The van der Waals surface area contributed by atoms with Crippen molar-refractivity contribution in [2.75, 3.05) is 48.2 Å². The van der Waals surface area contributed by atoms with Gasteiger partial charge in [-0.3, -0.25) is 14.2 Å². The van der Waals surface area contributed by atoms with E-state index >= 15 is 0 Å². The molecule has 3 aliphatic rings. The Morgan fingerprint density at radius 2 is 1.22 bits per heavy atom. The van der Waals surface area contributed by atoms with Gasteiger partial charge in [0.2, 0.25) is 0 Å². The average Bonchev–Trinajstić information content (AvgIpc) is 3.53. The summed E-state index contributed by atoms with van der Waals surface area (Å²) >= 11 is 3.74.